The molecule has 0 saturated carbocycles. The molecule has 154 valence electrons. The lowest BCUT2D eigenvalue weighted by atomic mass is 9.90. The van der Waals surface area contributed by atoms with E-state index in [-0.39, 0.29) is 12.0 Å². The van der Waals surface area contributed by atoms with Crippen LogP contribution in [0.25, 0.3) is 0 Å². The number of rotatable bonds is 6. The summed E-state index contributed by atoms with van der Waals surface area (Å²) in [5.74, 6) is -0.675. The first-order valence-corrected chi connectivity index (χ1v) is 7.81. The van der Waals surface area contributed by atoms with Gasteiger partial charge in [0, 0.05) is 12.5 Å². The van der Waals surface area contributed by atoms with E-state index < -0.39 is 41.7 Å². The summed E-state index contributed by atoms with van der Waals surface area (Å²) in [5.41, 5.74) is -6.35. The van der Waals surface area contributed by atoms with Crippen LogP contribution in [0, 0.1) is 0 Å². The number of esters is 1. The van der Waals surface area contributed by atoms with Gasteiger partial charge in [0.05, 0.1) is 5.60 Å². The lowest BCUT2D eigenvalue weighted by Crippen LogP contribution is -2.65. The maximum absolute atomic E-state index is 12.9. The third-order valence-electron chi connectivity index (χ3n) is 4.11. The van der Waals surface area contributed by atoms with E-state index in [1.807, 2.05) is 0 Å². The quantitative estimate of drug-likeness (QED) is 0.414. The highest BCUT2D eigenvalue weighted by atomic mass is 19.4. The number of aliphatic hydroxyl groups is 1. The molecule has 0 aromatic heterocycles. The topological polar surface area (TPSA) is 55.8 Å². The van der Waals surface area contributed by atoms with Gasteiger partial charge in [-0.3, -0.25) is 0 Å². The van der Waals surface area contributed by atoms with E-state index in [1.54, 1.807) is 0 Å². The largest absolute Gasteiger partial charge is 0.455 e. The van der Waals surface area contributed by atoms with E-state index in [1.165, 1.54) is 32.1 Å². The maximum atomic E-state index is 12.9. The van der Waals surface area contributed by atoms with Crippen LogP contribution in [0.2, 0.25) is 0 Å². The molecule has 1 aliphatic rings. The molecule has 10 heteroatoms. The summed E-state index contributed by atoms with van der Waals surface area (Å²) in [5, 5.41) is 9.40. The number of halogens is 6. The van der Waals surface area contributed by atoms with Crippen molar-refractivity contribution in [3.63, 3.8) is 0 Å². The van der Waals surface area contributed by atoms with E-state index in [0.717, 1.165) is 6.08 Å². The highest BCUT2D eigenvalue weighted by Crippen LogP contribution is 2.47. The summed E-state index contributed by atoms with van der Waals surface area (Å²) in [6, 6.07) is 0. The third kappa shape index (κ3) is 4.92. The SMILES string of the molecule is C=CC(=O)OC1C=CC(C(C)(C)OC(C)C(O)(C(F)(F)F)C(F)(F)F)=CC1. The molecule has 0 aliphatic heterocycles. The summed E-state index contributed by atoms with van der Waals surface area (Å²) in [6.07, 6.45) is -9.89. The Bertz CT molecular complexity index is 616. The number of hydrogen-bond donors (Lipinski definition) is 1. The molecule has 1 rings (SSSR count). The number of ether oxygens (including phenoxy) is 2. The Hall–Kier alpha value is -1.81. The van der Waals surface area contributed by atoms with Crippen molar-refractivity contribution in [3.05, 3.63) is 36.5 Å². The van der Waals surface area contributed by atoms with Gasteiger partial charge in [-0.05, 0) is 32.4 Å². The van der Waals surface area contributed by atoms with Crippen LogP contribution in [0.1, 0.15) is 27.2 Å². The van der Waals surface area contributed by atoms with Crippen LogP contribution in [0.15, 0.2) is 36.5 Å². The number of alkyl halides is 6. The van der Waals surface area contributed by atoms with Crippen molar-refractivity contribution < 1.29 is 45.7 Å². The summed E-state index contributed by atoms with van der Waals surface area (Å²) in [6.45, 7) is 6.27. The zero-order valence-corrected chi connectivity index (χ0v) is 14.8. The fraction of sp³-hybridized carbons (Fsp3) is 0.588. The maximum Gasteiger partial charge on any atom is 0.428 e. The fourth-order valence-electron chi connectivity index (χ4n) is 2.55. The standard InChI is InChI=1S/C17H20F6O4/c1-5-13(24)26-12-8-6-11(7-9-12)14(3,4)27-10(2)15(25,16(18,19)20)17(21,22)23/h5-8,10,12,25H,1,9H2,2-4H3. The van der Waals surface area contributed by atoms with Gasteiger partial charge < -0.3 is 14.6 Å². The van der Waals surface area contributed by atoms with Crippen molar-refractivity contribution in [2.24, 2.45) is 0 Å². The second-order valence-corrected chi connectivity index (χ2v) is 6.47. The van der Waals surface area contributed by atoms with Crippen LogP contribution >= 0.6 is 0 Å². The zero-order valence-electron chi connectivity index (χ0n) is 14.8. The molecular weight excluding hydrogens is 382 g/mol. The van der Waals surface area contributed by atoms with Gasteiger partial charge in [-0.1, -0.05) is 18.7 Å². The van der Waals surface area contributed by atoms with Crippen LogP contribution in [0.4, 0.5) is 26.3 Å². The first-order chi connectivity index (χ1) is 12.1. The fourth-order valence-corrected chi connectivity index (χ4v) is 2.55. The molecular formula is C17H20F6O4. The predicted octanol–water partition coefficient (Wildman–Crippen LogP) is 4.01. The van der Waals surface area contributed by atoms with Crippen molar-refractivity contribution in [3.8, 4) is 0 Å². The van der Waals surface area contributed by atoms with Gasteiger partial charge in [0.1, 0.15) is 12.2 Å². The predicted molar refractivity (Wildman–Crippen MR) is 83.6 cm³/mol. The highest BCUT2D eigenvalue weighted by molar-refractivity contribution is 5.81. The Balaban J connectivity index is 2.98. The highest BCUT2D eigenvalue weighted by Gasteiger charge is 2.74. The summed E-state index contributed by atoms with van der Waals surface area (Å²) < 4.78 is 87.6. The van der Waals surface area contributed by atoms with E-state index in [0.29, 0.717) is 6.92 Å². The van der Waals surface area contributed by atoms with Crippen molar-refractivity contribution in [1.82, 2.24) is 0 Å². The van der Waals surface area contributed by atoms with Gasteiger partial charge in [0.15, 0.2) is 0 Å². The van der Waals surface area contributed by atoms with Crippen LogP contribution < -0.4 is 0 Å². The average molecular weight is 402 g/mol. The van der Waals surface area contributed by atoms with Crippen LogP contribution in [-0.4, -0.2) is 46.8 Å². The van der Waals surface area contributed by atoms with Crippen LogP contribution in [-0.2, 0) is 14.3 Å². The van der Waals surface area contributed by atoms with Gasteiger partial charge in [0.2, 0.25) is 0 Å². The number of carbonyl (C=O) groups excluding carboxylic acids is 1. The molecule has 27 heavy (non-hydrogen) atoms. The Morgan fingerprint density at radius 3 is 2.15 bits per heavy atom. The van der Waals surface area contributed by atoms with Gasteiger partial charge in [-0.15, -0.1) is 0 Å². The Morgan fingerprint density at radius 1 is 1.26 bits per heavy atom. The summed E-state index contributed by atoms with van der Waals surface area (Å²) >= 11 is 0. The van der Waals surface area contributed by atoms with Gasteiger partial charge in [0.25, 0.3) is 5.60 Å². The molecule has 0 aromatic rings. The van der Waals surface area contributed by atoms with Gasteiger partial charge in [-0.25, -0.2) is 4.79 Å². The van der Waals surface area contributed by atoms with Crippen molar-refractivity contribution in [1.29, 1.82) is 0 Å². The van der Waals surface area contributed by atoms with Crippen molar-refractivity contribution in [2.75, 3.05) is 0 Å². The third-order valence-corrected chi connectivity index (χ3v) is 4.11. The molecule has 0 spiro atoms. The first-order valence-electron chi connectivity index (χ1n) is 7.81. The average Bonchev–Trinajstić information content (AvgIpc) is 2.51. The number of hydrogen-bond acceptors (Lipinski definition) is 4. The lowest BCUT2D eigenvalue weighted by Gasteiger charge is -2.41. The smallest absolute Gasteiger partial charge is 0.428 e. The van der Waals surface area contributed by atoms with E-state index in [9.17, 15) is 36.2 Å². The van der Waals surface area contributed by atoms with Crippen LogP contribution in [0.5, 0.6) is 0 Å². The summed E-state index contributed by atoms with van der Waals surface area (Å²) in [4.78, 5) is 11.1. The molecule has 2 unspecified atom stereocenters. The molecule has 1 N–H and O–H groups in total. The van der Waals surface area contributed by atoms with Gasteiger partial charge >= 0.3 is 18.3 Å². The number of carbonyl (C=O) groups is 1. The first kappa shape index (κ1) is 23.2. The molecule has 0 fully saturated rings. The minimum atomic E-state index is -5.98. The normalized spacial score (nSPS) is 20.1. The molecule has 0 aromatic carbocycles. The molecule has 0 bridgehead atoms. The van der Waals surface area contributed by atoms with E-state index in [4.69, 9.17) is 9.47 Å². The molecule has 2 atom stereocenters. The molecule has 0 saturated heterocycles. The van der Waals surface area contributed by atoms with Crippen molar-refractivity contribution >= 4 is 5.97 Å². The van der Waals surface area contributed by atoms with E-state index >= 15 is 0 Å². The lowest BCUT2D eigenvalue weighted by molar-refractivity contribution is -0.397. The Morgan fingerprint density at radius 2 is 1.78 bits per heavy atom. The molecule has 0 heterocycles. The zero-order chi connectivity index (χ0) is 21.3. The second kappa shape index (κ2) is 7.67. The molecule has 1 aliphatic carbocycles. The van der Waals surface area contributed by atoms with Gasteiger partial charge in [-0.2, -0.15) is 26.3 Å². The van der Waals surface area contributed by atoms with Crippen molar-refractivity contribution in [2.45, 2.75) is 63.0 Å². The Labute approximate surface area is 152 Å². The minimum Gasteiger partial charge on any atom is -0.455 e. The molecule has 0 amide bonds. The summed E-state index contributed by atoms with van der Waals surface area (Å²) in [7, 11) is 0. The monoisotopic (exact) mass is 402 g/mol. The Kier molecular flexibility index (Phi) is 6.60. The van der Waals surface area contributed by atoms with E-state index in [2.05, 4.69) is 6.58 Å². The second-order valence-electron chi connectivity index (χ2n) is 6.47. The molecule has 0 radical (unpaired) electrons. The minimum absolute atomic E-state index is 0.148. The molecule has 4 nitrogen and oxygen atoms in total. The van der Waals surface area contributed by atoms with Crippen LogP contribution in [0.3, 0.4) is 0 Å².